The number of aromatic amines is 2. The van der Waals surface area contributed by atoms with Gasteiger partial charge in [-0.3, -0.25) is 4.98 Å². The SMILES string of the molecule is Cc1ccc(-c2nc(=NC3CC3)n3ncc(=Cc4[nH]c(=O)[nH]c4O)c3n2)s1. The molecular weight excluding hydrogens is 366 g/mol. The number of hydrogen-bond donors (Lipinski definition) is 3. The molecule has 10 heteroatoms. The molecule has 27 heavy (non-hydrogen) atoms. The molecule has 0 aliphatic heterocycles. The first-order valence-electron chi connectivity index (χ1n) is 8.46. The Labute approximate surface area is 155 Å². The van der Waals surface area contributed by atoms with Gasteiger partial charge in [-0.15, -0.1) is 11.3 Å². The highest BCUT2D eigenvalue weighted by Gasteiger charge is 2.21. The van der Waals surface area contributed by atoms with Crippen molar-refractivity contribution in [2.45, 2.75) is 25.8 Å². The molecule has 0 spiro atoms. The number of aromatic hydroxyl groups is 1. The molecule has 0 atom stereocenters. The fourth-order valence-corrected chi connectivity index (χ4v) is 3.55. The Balaban J connectivity index is 1.79. The topological polar surface area (TPSA) is 124 Å². The molecule has 4 heterocycles. The molecule has 9 nitrogen and oxygen atoms in total. The van der Waals surface area contributed by atoms with Gasteiger partial charge in [-0.1, -0.05) is 0 Å². The quantitative estimate of drug-likeness (QED) is 0.476. The van der Waals surface area contributed by atoms with E-state index >= 15 is 0 Å². The third kappa shape index (κ3) is 2.93. The van der Waals surface area contributed by atoms with Crippen LogP contribution in [0.25, 0.3) is 22.4 Å². The summed E-state index contributed by atoms with van der Waals surface area (Å²) in [7, 11) is 0. The predicted molar refractivity (Wildman–Crippen MR) is 99.3 cm³/mol. The van der Waals surface area contributed by atoms with Crippen LogP contribution in [-0.2, 0) is 0 Å². The van der Waals surface area contributed by atoms with Crippen LogP contribution >= 0.6 is 11.3 Å². The highest BCUT2D eigenvalue weighted by molar-refractivity contribution is 7.15. The predicted octanol–water partition coefficient (Wildman–Crippen LogP) is 0.494. The molecule has 1 aliphatic carbocycles. The summed E-state index contributed by atoms with van der Waals surface area (Å²) in [5, 5.41) is 14.8. The highest BCUT2D eigenvalue weighted by atomic mass is 32.1. The minimum absolute atomic E-state index is 0.231. The van der Waals surface area contributed by atoms with Crippen LogP contribution in [0.1, 0.15) is 23.4 Å². The van der Waals surface area contributed by atoms with Crippen molar-refractivity contribution < 1.29 is 5.11 Å². The molecule has 0 saturated heterocycles. The fourth-order valence-electron chi connectivity index (χ4n) is 2.75. The van der Waals surface area contributed by atoms with Gasteiger partial charge in [-0.2, -0.15) is 14.6 Å². The lowest BCUT2D eigenvalue weighted by Crippen LogP contribution is -2.23. The minimum Gasteiger partial charge on any atom is -0.493 e. The molecule has 1 fully saturated rings. The van der Waals surface area contributed by atoms with Crippen molar-refractivity contribution in [1.29, 1.82) is 0 Å². The van der Waals surface area contributed by atoms with Gasteiger partial charge in [0, 0.05) is 10.1 Å². The van der Waals surface area contributed by atoms with E-state index in [0.29, 0.717) is 22.3 Å². The van der Waals surface area contributed by atoms with Gasteiger partial charge >= 0.3 is 5.69 Å². The van der Waals surface area contributed by atoms with Gasteiger partial charge in [0.05, 0.1) is 17.1 Å². The smallest absolute Gasteiger partial charge is 0.326 e. The lowest BCUT2D eigenvalue weighted by atomic mass is 10.3. The first kappa shape index (κ1) is 15.9. The molecule has 4 aromatic rings. The molecule has 1 aliphatic rings. The first-order chi connectivity index (χ1) is 13.1. The minimum atomic E-state index is -0.482. The van der Waals surface area contributed by atoms with Crippen LogP contribution in [-0.4, -0.2) is 40.7 Å². The molecule has 4 aromatic heterocycles. The molecule has 1 saturated carbocycles. The lowest BCUT2D eigenvalue weighted by Gasteiger charge is -1.99. The Bertz CT molecular complexity index is 1340. The summed E-state index contributed by atoms with van der Waals surface area (Å²) >= 11 is 1.61. The van der Waals surface area contributed by atoms with Gasteiger partial charge in [0.2, 0.25) is 11.5 Å². The second-order valence-corrected chi connectivity index (χ2v) is 7.73. The number of fused-ring (bicyclic) bond motifs is 1. The third-order valence-corrected chi connectivity index (χ3v) is 5.22. The van der Waals surface area contributed by atoms with Gasteiger partial charge in [-0.25, -0.2) is 14.8 Å². The summed E-state index contributed by atoms with van der Waals surface area (Å²) in [6.07, 6.45) is 5.34. The van der Waals surface area contributed by atoms with E-state index in [1.54, 1.807) is 28.1 Å². The van der Waals surface area contributed by atoms with E-state index in [0.717, 1.165) is 17.7 Å². The summed E-state index contributed by atoms with van der Waals surface area (Å²) < 4.78 is 1.59. The van der Waals surface area contributed by atoms with Crippen molar-refractivity contribution in [3.8, 4) is 16.6 Å². The van der Waals surface area contributed by atoms with Crippen LogP contribution in [0.5, 0.6) is 5.88 Å². The number of rotatable bonds is 3. The van der Waals surface area contributed by atoms with Crippen LogP contribution in [0, 0.1) is 6.92 Å². The zero-order valence-electron chi connectivity index (χ0n) is 14.3. The number of nitrogens with zero attached hydrogens (tertiary/aromatic N) is 5. The van der Waals surface area contributed by atoms with Crippen LogP contribution in [0.3, 0.4) is 0 Å². The second kappa shape index (κ2) is 5.88. The molecule has 0 aromatic carbocycles. The number of imidazole rings is 1. The Kier molecular flexibility index (Phi) is 3.47. The van der Waals surface area contributed by atoms with E-state index in [9.17, 15) is 9.90 Å². The van der Waals surface area contributed by atoms with Gasteiger partial charge in [-0.05, 0) is 38.0 Å². The summed E-state index contributed by atoms with van der Waals surface area (Å²) in [6, 6.07) is 4.29. The van der Waals surface area contributed by atoms with Crippen LogP contribution < -0.4 is 16.5 Å². The van der Waals surface area contributed by atoms with Crippen molar-refractivity contribution in [3.63, 3.8) is 0 Å². The van der Waals surface area contributed by atoms with Crippen molar-refractivity contribution in [2.24, 2.45) is 4.99 Å². The zero-order chi connectivity index (χ0) is 18.5. The standard InChI is InChI=1S/C17H15N7O2S/c1-8-2-5-12(27-8)13-21-14-9(6-11-15(25)23-17(26)20-11)7-18-24(14)16(22-13)19-10-3-4-10/h2,5-7,10,25H,3-4H2,1H3,(H2,20,23,26). The molecule has 0 unspecified atom stereocenters. The third-order valence-electron chi connectivity index (χ3n) is 4.22. The normalized spacial score (nSPS) is 15.9. The van der Waals surface area contributed by atoms with E-state index in [1.165, 1.54) is 4.88 Å². The van der Waals surface area contributed by atoms with Crippen molar-refractivity contribution >= 4 is 23.1 Å². The molecule has 3 N–H and O–H groups in total. The van der Waals surface area contributed by atoms with E-state index in [1.807, 2.05) is 19.1 Å². The van der Waals surface area contributed by atoms with Gasteiger partial charge in [0.25, 0.3) is 0 Å². The second-order valence-electron chi connectivity index (χ2n) is 6.44. The maximum Gasteiger partial charge on any atom is 0.326 e. The lowest BCUT2D eigenvalue weighted by molar-refractivity contribution is 0.454. The summed E-state index contributed by atoms with van der Waals surface area (Å²) in [6.45, 7) is 2.03. The Hall–Kier alpha value is -3.27. The highest BCUT2D eigenvalue weighted by Crippen LogP contribution is 2.25. The molecule has 5 rings (SSSR count). The van der Waals surface area contributed by atoms with Gasteiger partial charge in [0.1, 0.15) is 5.69 Å². The molecule has 0 amide bonds. The molecule has 136 valence electrons. The van der Waals surface area contributed by atoms with Gasteiger partial charge < -0.3 is 10.1 Å². The molecule has 0 bridgehead atoms. The van der Waals surface area contributed by atoms with E-state index in [-0.39, 0.29) is 17.6 Å². The largest absolute Gasteiger partial charge is 0.493 e. The van der Waals surface area contributed by atoms with E-state index < -0.39 is 5.69 Å². The van der Waals surface area contributed by atoms with Crippen molar-refractivity contribution in [3.05, 3.63) is 50.2 Å². The Morgan fingerprint density at radius 2 is 2.19 bits per heavy atom. The number of aromatic nitrogens is 6. The average Bonchev–Trinajstić information content (AvgIpc) is 3.04. The average molecular weight is 381 g/mol. The zero-order valence-corrected chi connectivity index (χ0v) is 15.1. The maximum atomic E-state index is 11.4. The molecule has 0 radical (unpaired) electrons. The van der Waals surface area contributed by atoms with E-state index in [4.69, 9.17) is 0 Å². The Morgan fingerprint density at radius 3 is 2.85 bits per heavy atom. The van der Waals surface area contributed by atoms with Crippen molar-refractivity contribution in [2.75, 3.05) is 0 Å². The number of H-pyrrole nitrogens is 2. The van der Waals surface area contributed by atoms with Crippen LogP contribution in [0.15, 0.2) is 28.1 Å². The number of aryl methyl sites for hydroxylation is 1. The summed E-state index contributed by atoms with van der Waals surface area (Å²) in [4.78, 5) is 32.3. The maximum absolute atomic E-state index is 11.4. The van der Waals surface area contributed by atoms with Gasteiger partial charge in [0.15, 0.2) is 11.5 Å². The number of nitrogens with one attached hydrogen (secondary N) is 2. The summed E-state index contributed by atoms with van der Waals surface area (Å²) in [5.41, 5.74) is 0.855. The number of thiophene rings is 1. The van der Waals surface area contributed by atoms with Crippen LogP contribution in [0.4, 0.5) is 0 Å². The number of hydrogen-bond acceptors (Lipinski definition) is 7. The van der Waals surface area contributed by atoms with Crippen LogP contribution in [0.2, 0.25) is 0 Å². The Morgan fingerprint density at radius 1 is 1.33 bits per heavy atom. The molecular formula is C17H15N7O2S. The van der Waals surface area contributed by atoms with E-state index in [2.05, 4.69) is 30.0 Å². The first-order valence-corrected chi connectivity index (χ1v) is 9.28. The fraction of sp³-hybridized carbons (Fsp3) is 0.235. The van der Waals surface area contributed by atoms with Crippen molar-refractivity contribution in [1.82, 2.24) is 29.5 Å². The monoisotopic (exact) mass is 381 g/mol. The summed E-state index contributed by atoms with van der Waals surface area (Å²) in [5.74, 6) is 0.354.